The summed E-state index contributed by atoms with van der Waals surface area (Å²) in [5, 5.41) is 7.05. The number of nitrogens with one attached hydrogen (secondary N) is 1. The minimum Gasteiger partial charge on any atom is -0.383 e. The molecule has 0 atom stereocenters. The van der Waals surface area contributed by atoms with E-state index in [9.17, 15) is 4.39 Å². The molecule has 0 amide bonds. The number of aliphatic imine (C=N–C) groups is 1. The van der Waals surface area contributed by atoms with Gasteiger partial charge in [0.2, 0.25) is 0 Å². The molecule has 3 N–H and O–H groups in total. The molecular formula is C17H17FN4. The molecule has 112 valence electrons. The Morgan fingerprint density at radius 3 is 2.82 bits per heavy atom. The summed E-state index contributed by atoms with van der Waals surface area (Å²) in [5.74, 6) is 0.289. The zero-order chi connectivity index (χ0) is 15.7. The van der Waals surface area contributed by atoms with Crippen molar-refractivity contribution >= 4 is 12.2 Å². The van der Waals surface area contributed by atoms with Crippen LogP contribution in [0.15, 0.2) is 35.3 Å². The molecule has 1 fully saturated rings. The third-order valence-electron chi connectivity index (χ3n) is 3.74. The molecule has 1 heterocycles. The maximum Gasteiger partial charge on any atom is 0.133 e. The minimum absolute atomic E-state index is 0.131. The van der Waals surface area contributed by atoms with Crippen LogP contribution in [0.4, 0.5) is 4.39 Å². The molecule has 1 aromatic heterocycles. The van der Waals surface area contributed by atoms with Crippen molar-refractivity contribution in [2.24, 2.45) is 10.7 Å². The first kappa shape index (κ1) is 14.4. The van der Waals surface area contributed by atoms with Crippen LogP contribution < -0.4 is 5.73 Å². The van der Waals surface area contributed by atoms with Gasteiger partial charge >= 0.3 is 0 Å². The third-order valence-corrected chi connectivity index (χ3v) is 3.74. The predicted molar refractivity (Wildman–Crippen MR) is 85.9 cm³/mol. The van der Waals surface area contributed by atoms with Gasteiger partial charge < -0.3 is 5.73 Å². The lowest BCUT2D eigenvalue weighted by Gasteiger charge is -2.11. The molecular weight excluding hydrogens is 279 g/mol. The summed E-state index contributed by atoms with van der Waals surface area (Å²) in [5.41, 5.74) is 10.1. The SMILES string of the molecule is Cc1cc(-c2ccc(F)cc2C(N)=NC=N)cc(C2CC2)n1. The van der Waals surface area contributed by atoms with E-state index in [1.807, 2.05) is 19.1 Å². The van der Waals surface area contributed by atoms with E-state index in [1.165, 1.54) is 25.0 Å². The number of aromatic nitrogens is 1. The van der Waals surface area contributed by atoms with Crippen molar-refractivity contribution in [3.8, 4) is 11.1 Å². The summed E-state index contributed by atoms with van der Waals surface area (Å²) in [7, 11) is 0. The molecule has 0 bridgehead atoms. The highest BCUT2D eigenvalue weighted by Gasteiger charge is 2.25. The maximum absolute atomic E-state index is 13.6. The van der Waals surface area contributed by atoms with Gasteiger partial charge in [-0.05, 0) is 55.2 Å². The van der Waals surface area contributed by atoms with E-state index in [4.69, 9.17) is 11.1 Å². The van der Waals surface area contributed by atoms with E-state index in [1.54, 1.807) is 6.07 Å². The van der Waals surface area contributed by atoms with Crippen molar-refractivity contribution in [3.63, 3.8) is 0 Å². The number of pyridine rings is 1. The first-order valence-corrected chi connectivity index (χ1v) is 7.19. The van der Waals surface area contributed by atoms with E-state index in [2.05, 4.69) is 9.98 Å². The van der Waals surface area contributed by atoms with E-state index in [0.29, 0.717) is 11.5 Å². The Bertz CT molecular complexity index is 763. The standard InChI is InChI=1S/C17H17FN4/c1-10-6-12(7-16(22-10)11-2-3-11)14-5-4-13(18)8-15(14)17(20)21-9-19/h4-9,11H,2-3H2,1H3,(H3,19,20,21). The zero-order valence-electron chi connectivity index (χ0n) is 12.3. The van der Waals surface area contributed by atoms with Gasteiger partial charge in [0, 0.05) is 22.9 Å². The maximum atomic E-state index is 13.6. The van der Waals surface area contributed by atoms with Crippen molar-refractivity contribution in [1.82, 2.24) is 4.98 Å². The number of halogens is 1. The normalized spacial score (nSPS) is 14.9. The van der Waals surface area contributed by atoms with Crippen LogP contribution >= 0.6 is 0 Å². The highest BCUT2D eigenvalue weighted by atomic mass is 19.1. The smallest absolute Gasteiger partial charge is 0.133 e. The quantitative estimate of drug-likeness (QED) is 0.670. The molecule has 0 unspecified atom stereocenters. The predicted octanol–water partition coefficient (Wildman–Crippen LogP) is 3.39. The minimum atomic E-state index is -0.380. The van der Waals surface area contributed by atoms with Crippen molar-refractivity contribution < 1.29 is 4.39 Å². The van der Waals surface area contributed by atoms with Gasteiger partial charge in [0.05, 0.1) is 0 Å². The lowest BCUT2D eigenvalue weighted by atomic mass is 9.97. The van der Waals surface area contributed by atoms with Gasteiger partial charge in [-0.15, -0.1) is 0 Å². The Labute approximate surface area is 128 Å². The molecule has 1 aliphatic carbocycles. The van der Waals surface area contributed by atoms with Gasteiger partial charge in [0.1, 0.15) is 18.0 Å². The molecule has 0 aliphatic heterocycles. The highest BCUT2D eigenvalue weighted by molar-refractivity contribution is 6.06. The number of nitrogens with two attached hydrogens (primary N) is 1. The van der Waals surface area contributed by atoms with Crippen LogP contribution in [0.3, 0.4) is 0 Å². The average Bonchev–Trinajstić information content (AvgIpc) is 3.31. The Balaban J connectivity index is 2.15. The molecule has 0 saturated heterocycles. The number of benzene rings is 1. The van der Waals surface area contributed by atoms with Gasteiger partial charge in [0.15, 0.2) is 0 Å². The summed E-state index contributed by atoms with van der Waals surface area (Å²) < 4.78 is 13.6. The monoisotopic (exact) mass is 296 g/mol. The van der Waals surface area contributed by atoms with Crippen LogP contribution in [0.2, 0.25) is 0 Å². The molecule has 1 aromatic carbocycles. The summed E-state index contributed by atoms with van der Waals surface area (Å²) >= 11 is 0. The van der Waals surface area contributed by atoms with Crippen LogP contribution in [0.5, 0.6) is 0 Å². The fraction of sp³-hybridized carbons (Fsp3) is 0.235. The number of hydrogen-bond donors (Lipinski definition) is 2. The first-order valence-electron chi connectivity index (χ1n) is 7.19. The van der Waals surface area contributed by atoms with Crippen molar-refractivity contribution in [3.05, 3.63) is 53.1 Å². The molecule has 2 aromatic rings. The van der Waals surface area contributed by atoms with Crippen LogP contribution in [0.25, 0.3) is 11.1 Å². The summed E-state index contributed by atoms with van der Waals surface area (Å²) in [6, 6.07) is 8.45. The molecule has 1 saturated carbocycles. The number of hydrogen-bond acceptors (Lipinski definition) is 2. The molecule has 0 radical (unpaired) electrons. The Hall–Kier alpha value is -2.56. The molecule has 4 nitrogen and oxygen atoms in total. The Kier molecular flexibility index (Phi) is 3.71. The van der Waals surface area contributed by atoms with Gasteiger partial charge in [0.25, 0.3) is 0 Å². The number of amidine groups is 1. The van der Waals surface area contributed by atoms with Crippen LogP contribution in [-0.2, 0) is 0 Å². The van der Waals surface area contributed by atoms with Crippen LogP contribution in [0, 0.1) is 18.2 Å². The van der Waals surface area contributed by atoms with E-state index >= 15 is 0 Å². The number of rotatable bonds is 4. The van der Waals surface area contributed by atoms with Crippen LogP contribution in [-0.4, -0.2) is 17.2 Å². The fourth-order valence-corrected chi connectivity index (χ4v) is 2.56. The van der Waals surface area contributed by atoms with Gasteiger partial charge in [-0.25, -0.2) is 9.38 Å². The van der Waals surface area contributed by atoms with E-state index in [0.717, 1.165) is 28.9 Å². The van der Waals surface area contributed by atoms with Crippen molar-refractivity contribution in [1.29, 1.82) is 5.41 Å². The van der Waals surface area contributed by atoms with Gasteiger partial charge in [-0.1, -0.05) is 6.07 Å². The van der Waals surface area contributed by atoms with Gasteiger partial charge in [-0.2, -0.15) is 0 Å². The topological polar surface area (TPSA) is 75.1 Å². The molecule has 3 rings (SSSR count). The summed E-state index contributed by atoms with van der Waals surface area (Å²) in [4.78, 5) is 8.35. The second-order valence-electron chi connectivity index (χ2n) is 5.53. The van der Waals surface area contributed by atoms with E-state index in [-0.39, 0.29) is 11.7 Å². The van der Waals surface area contributed by atoms with Crippen molar-refractivity contribution in [2.45, 2.75) is 25.7 Å². The molecule has 0 spiro atoms. The lowest BCUT2D eigenvalue weighted by molar-refractivity contribution is 0.627. The summed E-state index contributed by atoms with van der Waals surface area (Å²) in [6.07, 6.45) is 3.20. The molecule has 5 heteroatoms. The average molecular weight is 296 g/mol. The highest BCUT2D eigenvalue weighted by Crippen LogP contribution is 2.40. The second kappa shape index (κ2) is 5.67. The largest absolute Gasteiger partial charge is 0.383 e. The number of nitrogens with zero attached hydrogens (tertiary/aromatic N) is 2. The molecule has 22 heavy (non-hydrogen) atoms. The first-order chi connectivity index (χ1) is 10.6. The lowest BCUT2D eigenvalue weighted by Crippen LogP contribution is -2.15. The Morgan fingerprint density at radius 1 is 1.36 bits per heavy atom. The van der Waals surface area contributed by atoms with E-state index < -0.39 is 0 Å². The van der Waals surface area contributed by atoms with Crippen LogP contribution in [0.1, 0.15) is 35.7 Å². The van der Waals surface area contributed by atoms with Crippen molar-refractivity contribution in [2.75, 3.05) is 0 Å². The third kappa shape index (κ3) is 2.88. The fourth-order valence-electron chi connectivity index (χ4n) is 2.56. The zero-order valence-corrected chi connectivity index (χ0v) is 12.3. The van der Waals surface area contributed by atoms with Gasteiger partial charge in [-0.3, -0.25) is 10.4 Å². The molecule has 1 aliphatic rings. The summed E-state index contributed by atoms with van der Waals surface area (Å²) in [6.45, 7) is 1.95. The number of aryl methyl sites for hydroxylation is 1. The second-order valence-corrected chi connectivity index (χ2v) is 5.53. The Morgan fingerprint density at radius 2 is 2.14 bits per heavy atom.